The lowest BCUT2D eigenvalue weighted by molar-refractivity contribution is 0.317. The summed E-state index contributed by atoms with van der Waals surface area (Å²) < 4.78 is 0. The number of anilines is 3. The second kappa shape index (κ2) is 4.78. The number of aliphatic hydroxyl groups excluding tert-OH is 2. The summed E-state index contributed by atoms with van der Waals surface area (Å²) >= 11 is 0. The van der Waals surface area contributed by atoms with Gasteiger partial charge in [-0.1, -0.05) is 0 Å². The molecule has 96 valence electrons. The molecule has 6 N–H and O–H groups in total. The van der Waals surface area contributed by atoms with Gasteiger partial charge in [-0.25, -0.2) is 0 Å². The minimum atomic E-state index is -0.153. The van der Waals surface area contributed by atoms with Crippen LogP contribution in [-0.2, 0) is 0 Å². The van der Waals surface area contributed by atoms with Crippen molar-refractivity contribution in [3.8, 4) is 0 Å². The molecule has 0 bridgehead atoms. The van der Waals surface area contributed by atoms with Gasteiger partial charge in [-0.15, -0.1) is 0 Å². The third-order valence-electron chi connectivity index (χ3n) is 2.39. The fourth-order valence-corrected chi connectivity index (χ4v) is 1.50. The van der Waals surface area contributed by atoms with Crippen LogP contribution in [0.25, 0.3) is 0 Å². The molecule has 0 aliphatic heterocycles. The van der Waals surface area contributed by atoms with E-state index >= 15 is 0 Å². The fraction of sp³-hybridized carbons (Fsp3) is 0.300. The smallest absolute Gasteiger partial charge is 0.233 e. The van der Waals surface area contributed by atoms with E-state index in [-0.39, 0.29) is 23.4 Å². The number of nitrogens with zero attached hydrogens (tertiary/aromatic N) is 3. The number of aliphatic hydroxyl groups is 2. The molecule has 0 fully saturated rings. The highest BCUT2D eigenvalue weighted by Crippen LogP contribution is 2.21. The minimum Gasteiger partial charge on any atom is -0.508 e. The van der Waals surface area contributed by atoms with Gasteiger partial charge in [0.15, 0.2) is 5.76 Å². The molecule has 0 unspecified atom stereocenters. The van der Waals surface area contributed by atoms with Crippen molar-refractivity contribution in [1.82, 2.24) is 15.0 Å². The van der Waals surface area contributed by atoms with Gasteiger partial charge in [0.05, 0.1) is 0 Å². The molecule has 1 aliphatic carbocycles. The zero-order chi connectivity index (χ0) is 13.1. The first-order valence-electron chi connectivity index (χ1n) is 5.36. The van der Waals surface area contributed by atoms with E-state index in [1.54, 1.807) is 7.05 Å². The predicted octanol–water partition coefficient (Wildman–Crippen LogP) is 0.913. The molecule has 8 heteroatoms. The molecule has 18 heavy (non-hydrogen) atoms. The molecule has 2 rings (SSSR count). The van der Waals surface area contributed by atoms with Gasteiger partial charge in [0.2, 0.25) is 17.8 Å². The van der Waals surface area contributed by atoms with Crippen molar-refractivity contribution in [2.45, 2.75) is 12.8 Å². The summed E-state index contributed by atoms with van der Waals surface area (Å²) in [6, 6.07) is 0. The highest BCUT2D eigenvalue weighted by molar-refractivity contribution is 5.45. The number of nitrogen functional groups attached to an aromatic ring is 1. The average molecular weight is 250 g/mol. The van der Waals surface area contributed by atoms with Crippen LogP contribution in [0.2, 0.25) is 0 Å². The lowest BCUT2D eigenvalue weighted by atomic mass is 10.1. The van der Waals surface area contributed by atoms with Crippen molar-refractivity contribution in [3.05, 3.63) is 23.3 Å². The topological polar surface area (TPSA) is 129 Å². The molecule has 0 aromatic carbocycles. The molecule has 0 saturated heterocycles. The third kappa shape index (κ3) is 2.59. The first-order valence-corrected chi connectivity index (χ1v) is 5.36. The number of nitrogens with two attached hydrogens (primary N) is 1. The second-order valence-electron chi connectivity index (χ2n) is 3.72. The first-order chi connectivity index (χ1) is 8.58. The van der Waals surface area contributed by atoms with Crippen LogP contribution in [0.15, 0.2) is 23.3 Å². The Morgan fingerprint density at radius 2 is 1.89 bits per heavy atom. The van der Waals surface area contributed by atoms with E-state index < -0.39 is 0 Å². The molecule has 0 atom stereocenters. The van der Waals surface area contributed by atoms with Crippen molar-refractivity contribution in [2.24, 2.45) is 0 Å². The molecule has 0 spiro atoms. The monoisotopic (exact) mass is 250 g/mol. The van der Waals surface area contributed by atoms with Crippen LogP contribution < -0.4 is 16.4 Å². The maximum atomic E-state index is 9.40. The lowest BCUT2D eigenvalue weighted by Crippen LogP contribution is -2.11. The average Bonchev–Trinajstić information content (AvgIpc) is 2.33. The summed E-state index contributed by atoms with van der Waals surface area (Å²) in [5, 5.41) is 24.4. The van der Waals surface area contributed by atoms with E-state index in [4.69, 9.17) is 5.73 Å². The van der Waals surface area contributed by atoms with Crippen molar-refractivity contribution < 1.29 is 10.2 Å². The first kappa shape index (κ1) is 12.0. The number of aromatic nitrogens is 3. The summed E-state index contributed by atoms with van der Waals surface area (Å²) in [5.41, 5.74) is 6.22. The van der Waals surface area contributed by atoms with E-state index in [1.165, 1.54) is 6.08 Å². The van der Waals surface area contributed by atoms with Crippen LogP contribution in [0, 0.1) is 0 Å². The van der Waals surface area contributed by atoms with Crippen molar-refractivity contribution in [1.29, 1.82) is 0 Å². The van der Waals surface area contributed by atoms with Crippen LogP contribution in [0.5, 0.6) is 0 Å². The SMILES string of the molecule is CNc1nc(N)nc(NC2=CC(O)=C(O)CC2)n1. The largest absolute Gasteiger partial charge is 0.508 e. The van der Waals surface area contributed by atoms with Crippen LogP contribution >= 0.6 is 0 Å². The van der Waals surface area contributed by atoms with E-state index in [9.17, 15) is 10.2 Å². The molecule has 8 nitrogen and oxygen atoms in total. The Balaban J connectivity index is 2.20. The van der Waals surface area contributed by atoms with E-state index in [1.807, 2.05) is 0 Å². The molecule has 1 aromatic heterocycles. The molecule has 0 radical (unpaired) electrons. The second-order valence-corrected chi connectivity index (χ2v) is 3.72. The zero-order valence-corrected chi connectivity index (χ0v) is 9.80. The Morgan fingerprint density at radius 3 is 2.56 bits per heavy atom. The lowest BCUT2D eigenvalue weighted by Gasteiger charge is -2.14. The highest BCUT2D eigenvalue weighted by Gasteiger charge is 2.13. The Kier molecular flexibility index (Phi) is 3.18. The maximum absolute atomic E-state index is 9.40. The number of nitrogens with one attached hydrogen (secondary N) is 2. The quantitative estimate of drug-likeness (QED) is 0.535. The number of rotatable bonds is 3. The Labute approximate surface area is 103 Å². The van der Waals surface area contributed by atoms with E-state index in [2.05, 4.69) is 25.6 Å². The summed E-state index contributed by atoms with van der Waals surface area (Å²) in [4.78, 5) is 11.8. The number of hydrogen-bond acceptors (Lipinski definition) is 8. The predicted molar refractivity (Wildman–Crippen MR) is 67.0 cm³/mol. The minimum absolute atomic E-state index is 0.0216. The molecule has 1 aliphatic rings. The third-order valence-corrected chi connectivity index (χ3v) is 2.39. The van der Waals surface area contributed by atoms with E-state index in [0.29, 0.717) is 24.5 Å². The molecular formula is C10H14N6O2. The van der Waals surface area contributed by atoms with Crippen molar-refractivity contribution in [3.63, 3.8) is 0 Å². The molecule has 1 heterocycles. The van der Waals surface area contributed by atoms with Gasteiger partial charge in [-0.3, -0.25) is 0 Å². The molecular weight excluding hydrogens is 236 g/mol. The van der Waals surface area contributed by atoms with Crippen molar-refractivity contribution in [2.75, 3.05) is 23.4 Å². The van der Waals surface area contributed by atoms with Gasteiger partial charge < -0.3 is 26.6 Å². The van der Waals surface area contributed by atoms with Crippen LogP contribution in [-0.4, -0.2) is 32.2 Å². The number of allylic oxidation sites excluding steroid dienone is 3. The standard InChI is InChI=1S/C10H14N6O2/c1-12-9-14-8(11)15-10(16-9)13-5-2-3-6(17)7(18)4-5/h4,17-18H,2-3H2,1H3,(H4,11,12,13,14,15,16). The molecule has 1 aromatic rings. The van der Waals surface area contributed by atoms with Gasteiger partial charge in [-0.2, -0.15) is 15.0 Å². The summed E-state index contributed by atoms with van der Waals surface area (Å²) in [7, 11) is 1.67. The van der Waals surface area contributed by atoms with Gasteiger partial charge >= 0.3 is 0 Å². The molecule has 0 amide bonds. The normalized spacial score (nSPS) is 15.3. The zero-order valence-electron chi connectivity index (χ0n) is 9.80. The fourth-order valence-electron chi connectivity index (χ4n) is 1.50. The summed E-state index contributed by atoms with van der Waals surface area (Å²) in [6.45, 7) is 0. The van der Waals surface area contributed by atoms with Crippen LogP contribution in [0.3, 0.4) is 0 Å². The summed E-state index contributed by atoms with van der Waals surface area (Å²) in [6.07, 6.45) is 2.35. The van der Waals surface area contributed by atoms with Gasteiger partial charge in [0.1, 0.15) is 5.76 Å². The van der Waals surface area contributed by atoms with Crippen LogP contribution in [0.4, 0.5) is 17.8 Å². The van der Waals surface area contributed by atoms with Crippen molar-refractivity contribution >= 4 is 17.8 Å². The van der Waals surface area contributed by atoms with E-state index in [0.717, 1.165) is 0 Å². The van der Waals surface area contributed by atoms with Gasteiger partial charge in [0.25, 0.3) is 0 Å². The Bertz CT molecular complexity index is 525. The summed E-state index contributed by atoms with van der Waals surface area (Å²) in [5.74, 6) is 0.554. The molecule has 0 saturated carbocycles. The Hall–Kier alpha value is -2.51. The Morgan fingerprint density at radius 1 is 1.17 bits per heavy atom. The number of hydrogen-bond donors (Lipinski definition) is 5. The van der Waals surface area contributed by atoms with Gasteiger partial charge in [0, 0.05) is 25.2 Å². The highest BCUT2D eigenvalue weighted by atomic mass is 16.3. The van der Waals surface area contributed by atoms with Gasteiger partial charge in [-0.05, 0) is 6.42 Å². The van der Waals surface area contributed by atoms with Crippen LogP contribution in [0.1, 0.15) is 12.8 Å². The maximum Gasteiger partial charge on any atom is 0.233 e.